The predicted molar refractivity (Wildman–Crippen MR) is 109 cm³/mol. The van der Waals surface area contributed by atoms with Crippen molar-refractivity contribution in [3.05, 3.63) is 34.9 Å². The van der Waals surface area contributed by atoms with E-state index in [1.807, 2.05) is 39.0 Å². The molecule has 0 bridgehead atoms. The summed E-state index contributed by atoms with van der Waals surface area (Å²) in [5.41, 5.74) is 6.38. The van der Waals surface area contributed by atoms with E-state index in [0.717, 1.165) is 23.7 Å². The van der Waals surface area contributed by atoms with Crippen molar-refractivity contribution in [1.29, 1.82) is 0 Å². The second kappa shape index (κ2) is 8.08. The Morgan fingerprint density at radius 1 is 1.41 bits per heavy atom. The Kier molecular flexibility index (Phi) is 6.16. The van der Waals surface area contributed by atoms with Crippen LogP contribution in [0.1, 0.15) is 51.6 Å². The first kappa shape index (κ1) is 20.6. The van der Waals surface area contributed by atoms with Gasteiger partial charge in [0.05, 0.1) is 12.1 Å². The minimum absolute atomic E-state index is 0.0283. The number of benzene rings is 1. The average molecular weight is 394 g/mol. The Labute approximate surface area is 167 Å². The number of ether oxygens (including phenoxy) is 1. The smallest absolute Gasteiger partial charge is 0.240 e. The third kappa shape index (κ3) is 3.88. The predicted octanol–water partition coefficient (Wildman–Crippen LogP) is 3.13. The molecule has 0 aromatic heterocycles. The number of likely N-dealkylation sites (tertiary alicyclic amines) is 1. The number of nitrogens with zero attached hydrogens (tertiary/aromatic N) is 1. The van der Waals surface area contributed by atoms with Gasteiger partial charge in [-0.2, -0.15) is 0 Å². The summed E-state index contributed by atoms with van der Waals surface area (Å²) in [5, 5.41) is 3.85. The number of carbonyl (C=O) groups excluding carboxylic acids is 1. The van der Waals surface area contributed by atoms with Gasteiger partial charge in [0.15, 0.2) is 0 Å². The van der Waals surface area contributed by atoms with Crippen molar-refractivity contribution in [2.24, 2.45) is 11.1 Å². The Balaban J connectivity index is 1.69. The van der Waals surface area contributed by atoms with E-state index in [0.29, 0.717) is 19.6 Å². The maximum atomic E-state index is 13.0. The molecule has 1 heterocycles. The van der Waals surface area contributed by atoms with Crippen LogP contribution in [0.5, 0.6) is 0 Å². The maximum absolute atomic E-state index is 13.0. The van der Waals surface area contributed by atoms with E-state index in [4.69, 9.17) is 22.1 Å². The van der Waals surface area contributed by atoms with Crippen molar-refractivity contribution in [3.63, 3.8) is 0 Å². The Hall–Kier alpha value is -1.14. The highest BCUT2D eigenvalue weighted by molar-refractivity contribution is 6.30. The molecule has 3 unspecified atom stereocenters. The van der Waals surface area contributed by atoms with E-state index in [1.54, 1.807) is 0 Å². The van der Waals surface area contributed by atoms with Crippen molar-refractivity contribution in [3.8, 4) is 0 Å². The van der Waals surface area contributed by atoms with Crippen LogP contribution in [-0.4, -0.2) is 48.7 Å². The molecule has 1 saturated carbocycles. The highest BCUT2D eigenvalue weighted by Gasteiger charge is 2.62. The summed E-state index contributed by atoms with van der Waals surface area (Å²) in [6.07, 6.45) is 2.97. The lowest BCUT2D eigenvalue weighted by Gasteiger charge is -2.57. The maximum Gasteiger partial charge on any atom is 0.240 e. The van der Waals surface area contributed by atoms with E-state index in [1.165, 1.54) is 12.8 Å². The molecule has 0 radical (unpaired) electrons. The van der Waals surface area contributed by atoms with Crippen LogP contribution in [0.2, 0.25) is 5.02 Å². The highest BCUT2D eigenvalue weighted by Crippen LogP contribution is 2.49. The van der Waals surface area contributed by atoms with Gasteiger partial charge in [-0.1, -0.05) is 37.6 Å². The van der Waals surface area contributed by atoms with Crippen LogP contribution >= 0.6 is 11.6 Å². The fraction of sp³-hybridized carbons (Fsp3) is 0.667. The van der Waals surface area contributed by atoms with Gasteiger partial charge in [-0.05, 0) is 50.6 Å². The van der Waals surface area contributed by atoms with Crippen LogP contribution in [0.25, 0.3) is 0 Å². The van der Waals surface area contributed by atoms with Crippen LogP contribution in [0.4, 0.5) is 0 Å². The van der Waals surface area contributed by atoms with E-state index in [2.05, 4.69) is 16.3 Å². The third-order valence-corrected chi connectivity index (χ3v) is 6.74. The van der Waals surface area contributed by atoms with Crippen molar-refractivity contribution in [1.82, 2.24) is 10.2 Å². The molecule has 1 aliphatic heterocycles. The Morgan fingerprint density at radius 3 is 2.70 bits per heavy atom. The molecule has 1 aliphatic carbocycles. The van der Waals surface area contributed by atoms with E-state index in [-0.39, 0.29) is 23.5 Å². The van der Waals surface area contributed by atoms with Crippen LogP contribution in [0.3, 0.4) is 0 Å². The molecule has 3 rings (SSSR count). The van der Waals surface area contributed by atoms with Crippen molar-refractivity contribution >= 4 is 17.5 Å². The molecule has 1 amide bonds. The van der Waals surface area contributed by atoms with Gasteiger partial charge in [0.25, 0.3) is 0 Å². The minimum atomic E-state index is -0.892. The molecule has 1 aromatic carbocycles. The van der Waals surface area contributed by atoms with E-state index >= 15 is 0 Å². The zero-order valence-corrected chi connectivity index (χ0v) is 17.4. The number of halogens is 1. The summed E-state index contributed by atoms with van der Waals surface area (Å²) in [6, 6.07) is 8.04. The van der Waals surface area contributed by atoms with Crippen molar-refractivity contribution in [2.75, 3.05) is 26.2 Å². The van der Waals surface area contributed by atoms with Gasteiger partial charge in [-0.3, -0.25) is 9.69 Å². The van der Waals surface area contributed by atoms with Gasteiger partial charge in [0, 0.05) is 30.0 Å². The first-order chi connectivity index (χ1) is 12.8. The van der Waals surface area contributed by atoms with E-state index in [9.17, 15) is 4.79 Å². The lowest BCUT2D eigenvalue weighted by molar-refractivity contribution is -0.170. The number of hydrogen-bond acceptors (Lipinski definition) is 4. The normalized spacial score (nSPS) is 28.6. The molecule has 0 spiro atoms. The number of nitrogens with one attached hydrogen (secondary N) is 1. The molecule has 27 heavy (non-hydrogen) atoms. The fourth-order valence-electron chi connectivity index (χ4n) is 4.39. The molecule has 150 valence electrons. The van der Waals surface area contributed by atoms with Crippen LogP contribution in [0.15, 0.2) is 24.3 Å². The zero-order chi connectivity index (χ0) is 19.7. The fourth-order valence-corrected chi connectivity index (χ4v) is 4.59. The topological polar surface area (TPSA) is 67.6 Å². The first-order valence-electron chi connectivity index (χ1n) is 9.98. The van der Waals surface area contributed by atoms with Gasteiger partial charge in [-0.15, -0.1) is 0 Å². The largest absolute Gasteiger partial charge is 0.378 e. The van der Waals surface area contributed by atoms with Crippen LogP contribution in [-0.2, 0) is 9.53 Å². The highest BCUT2D eigenvalue weighted by atomic mass is 35.5. The molecular formula is C21H32ClN3O2. The van der Waals surface area contributed by atoms with E-state index < -0.39 is 5.54 Å². The average Bonchev–Trinajstić information content (AvgIpc) is 3.16. The van der Waals surface area contributed by atoms with Gasteiger partial charge in [0.2, 0.25) is 5.91 Å². The molecule has 1 saturated heterocycles. The van der Waals surface area contributed by atoms with Gasteiger partial charge >= 0.3 is 0 Å². The summed E-state index contributed by atoms with van der Waals surface area (Å²) < 4.78 is 5.75. The van der Waals surface area contributed by atoms with Crippen LogP contribution < -0.4 is 11.1 Å². The van der Waals surface area contributed by atoms with Crippen molar-refractivity contribution < 1.29 is 9.53 Å². The molecule has 2 fully saturated rings. The molecule has 6 heteroatoms. The molecule has 5 nitrogen and oxygen atoms in total. The van der Waals surface area contributed by atoms with Crippen LogP contribution in [0, 0.1) is 5.41 Å². The summed E-state index contributed by atoms with van der Waals surface area (Å²) in [6.45, 7) is 9.26. The third-order valence-electron chi connectivity index (χ3n) is 6.51. The molecule has 3 atom stereocenters. The zero-order valence-electron chi connectivity index (χ0n) is 16.6. The summed E-state index contributed by atoms with van der Waals surface area (Å²) in [4.78, 5) is 15.4. The van der Waals surface area contributed by atoms with Gasteiger partial charge in [-0.25, -0.2) is 0 Å². The molecule has 1 aromatic rings. The number of hydrogen-bond donors (Lipinski definition) is 2. The SMILES string of the molecule is CCOC1CC(N)(C(=O)NCC(c2cccc(Cl)c2)N2CCCC2)C1(C)C. The lowest BCUT2D eigenvalue weighted by atomic mass is 9.54. The van der Waals surface area contributed by atoms with Gasteiger partial charge < -0.3 is 15.8 Å². The Morgan fingerprint density at radius 2 is 2.11 bits per heavy atom. The summed E-state index contributed by atoms with van der Waals surface area (Å²) in [5.74, 6) is -0.0883. The van der Waals surface area contributed by atoms with Crippen molar-refractivity contribution in [2.45, 2.75) is 57.7 Å². The Bertz CT molecular complexity index is 675. The standard InChI is InChI=1S/C21H32ClN3O2/c1-4-27-18-13-21(23,20(18,2)3)19(26)24-14-17(25-10-5-6-11-25)15-8-7-9-16(22)12-15/h7-9,12,17-18H,4-6,10-11,13-14,23H2,1-3H3,(H,24,26). The number of amides is 1. The molecular weight excluding hydrogens is 362 g/mol. The minimum Gasteiger partial charge on any atom is -0.378 e. The first-order valence-corrected chi connectivity index (χ1v) is 10.4. The molecule has 2 aliphatic rings. The summed E-state index contributed by atoms with van der Waals surface area (Å²) >= 11 is 6.21. The summed E-state index contributed by atoms with van der Waals surface area (Å²) in [7, 11) is 0. The lowest BCUT2D eigenvalue weighted by Crippen LogP contribution is -2.76. The van der Waals surface area contributed by atoms with Gasteiger partial charge in [0.1, 0.15) is 5.54 Å². The number of rotatable bonds is 7. The molecule has 3 N–H and O–H groups in total. The number of nitrogens with two attached hydrogens (primary N) is 1. The second-order valence-corrected chi connectivity index (χ2v) is 8.80. The second-order valence-electron chi connectivity index (χ2n) is 8.37. The number of carbonyl (C=O) groups is 1. The quantitative estimate of drug-likeness (QED) is 0.746. The monoisotopic (exact) mass is 393 g/mol.